The maximum atomic E-state index is 10.8. The number of amides is 1. The van der Waals surface area contributed by atoms with Gasteiger partial charge in [0.2, 0.25) is 23.8 Å². The topological polar surface area (TPSA) is 109 Å². The molecule has 0 unspecified atom stereocenters. The van der Waals surface area contributed by atoms with Gasteiger partial charge in [0.25, 0.3) is 0 Å². The number of anilines is 3. The number of hydrogen-bond acceptors (Lipinski definition) is 7. The Morgan fingerprint density at radius 3 is 2.16 bits per heavy atom. The predicted octanol–water partition coefficient (Wildman–Crippen LogP) is 0.0468. The van der Waals surface area contributed by atoms with Gasteiger partial charge in [-0.2, -0.15) is 15.0 Å². The van der Waals surface area contributed by atoms with E-state index in [1.54, 1.807) is 0 Å². The number of nitrogens with two attached hydrogens (primary N) is 1. The predicted molar refractivity (Wildman–Crippen MR) is 75.2 cm³/mol. The molecule has 8 heteroatoms. The Bertz CT molecular complexity index is 420. The molecule has 0 radical (unpaired) electrons. The first-order valence-electron chi connectivity index (χ1n) is 6.37. The van der Waals surface area contributed by atoms with Crippen molar-refractivity contribution < 1.29 is 4.79 Å². The zero-order valence-electron chi connectivity index (χ0n) is 11.6. The molecule has 1 aromatic heterocycles. The number of nitrogens with one attached hydrogen (secondary N) is 2. The van der Waals surface area contributed by atoms with Crippen LogP contribution in [0.3, 0.4) is 0 Å². The quantitative estimate of drug-likeness (QED) is 0.610. The summed E-state index contributed by atoms with van der Waals surface area (Å²) in [4.78, 5) is 25.5. The van der Waals surface area contributed by atoms with Crippen LogP contribution in [0.1, 0.15) is 20.8 Å². The molecule has 8 nitrogen and oxygen atoms in total. The molecule has 0 bridgehead atoms. The lowest BCUT2D eigenvalue weighted by Crippen LogP contribution is -2.27. The first-order chi connectivity index (χ1) is 9.10. The highest BCUT2D eigenvalue weighted by molar-refractivity contribution is 5.78. The van der Waals surface area contributed by atoms with Crippen LogP contribution in [0.5, 0.6) is 0 Å². The summed E-state index contributed by atoms with van der Waals surface area (Å²) in [5.74, 6) is 0.927. The second-order valence-corrected chi connectivity index (χ2v) is 3.81. The summed E-state index contributed by atoms with van der Waals surface area (Å²) in [5, 5.41) is 5.82. The van der Waals surface area contributed by atoms with Gasteiger partial charge in [-0.25, -0.2) is 0 Å². The van der Waals surface area contributed by atoms with Crippen molar-refractivity contribution in [2.45, 2.75) is 20.8 Å². The SMILES string of the molecule is CCNc1nc(NCC(N)=O)nc(N(CC)CC)n1. The summed E-state index contributed by atoms with van der Waals surface area (Å²) < 4.78 is 0. The molecular weight excluding hydrogens is 246 g/mol. The number of rotatable bonds is 8. The van der Waals surface area contributed by atoms with Crippen molar-refractivity contribution in [3.8, 4) is 0 Å². The fourth-order valence-electron chi connectivity index (χ4n) is 1.50. The molecule has 0 saturated heterocycles. The average Bonchev–Trinajstić information content (AvgIpc) is 2.38. The number of carbonyl (C=O) groups is 1. The molecule has 0 aliphatic heterocycles. The lowest BCUT2D eigenvalue weighted by Gasteiger charge is -2.19. The third kappa shape index (κ3) is 4.57. The van der Waals surface area contributed by atoms with Gasteiger partial charge in [0.1, 0.15) is 0 Å². The largest absolute Gasteiger partial charge is 0.368 e. The molecule has 1 heterocycles. The van der Waals surface area contributed by atoms with Crippen LogP contribution in [0.4, 0.5) is 17.8 Å². The maximum absolute atomic E-state index is 10.8. The Morgan fingerprint density at radius 1 is 1.11 bits per heavy atom. The standard InChI is InChI=1S/C11H21N7O/c1-4-13-9-15-10(14-7-8(12)19)17-11(16-9)18(5-2)6-3/h4-7H2,1-3H3,(H2,12,19)(H2,13,14,15,16,17). The first-order valence-corrected chi connectivity index (χ1v) is 6.37. The van der Waals surface area contributed by atoms with E-state index in [0.717, 1.165) is 13.1 Å². The molecule has 1 aromatic rings. The van der Waals surface area contributed by atoms with E-state index >= 15 is 0 Å². The summed E-state index contributed by atoms with van der Waals surface area (Å²) in [5.41, 5.74) is 5.09. The summed E-state index contributed by atoms with van der Waals surface area (Å²) >= 11 is 0. The number of aromatic nitrogens is 3. The molecule has 0 atom stereocenters. The molecule has 0 saturated carbocycles. The van der Waals surface area contributed by atoms with Gasteiger partial charge in [0.15, 0.2) is 0 Å². The molecule has 0 aliphatic rings. The van der Waals surface area contributed by atoms with E-state index in [1.807, 2.05) is 25.7 Å². The summed E-state index contributed by atoms with van der Waals surface area (Å²) in [7, 11) is 0. The van der Waals surface area contributed by atoms with Gasteiger partial charge >= 0.3 is 0 Å². The third-order valence-electron chi connectivity index (χ3n) is 2.43. The van der Waals surface area contributed by atoms with Crippen molar-refractivity contribution in [1.29, 1.82) is 0 Å². The van der Waals surface area contributed by atoms with E-state index in [0.29, 0.717) is 24.4 Å². The lowest BCUT2D eigenvalue weighted by molar-refractivity contribution is -0.116. The Kier molecular flexibility index (Phi) is 5.77. The Balaban J connectivity index is 2.98. The Hall–Kier alpha value is -2.12. The van der Waals surface area contributed by atoms with E-state index in [4.69, 9.17) is 5.73 Å². The zero-order valence-corrected chi connectivity index (χ0v) is 11.6. The van der Waals surface area contributed by atoms with E-state index in [2.05, 4.69) is 25.6 Å². The fourth-order valence-corrected chi connectivity index (χ4v) is 1.50. The summed E-state index contributed by atoms with van der Waals surface area (Å²) in [6.07, 6.45) is 0. The van der Waals surface area contributed by atoms with E-state index in [-0.39, 0.29) is 6.54 Å². The molecule has 0 aromatic carbocycles. The number of hydrogen-bond donors (Lipinski definition) is 3. The van der Waals surface area contributed by atoms with Gasteiger partial charge in [-0.3, -0.25) is 4.79 Å². The van der Waals surface area contributed by atoms with E-state index in [1.165, 1.54) is 0 Å². The van der Waals surface area contributed by atoms with Crippen LogP contribution < -0.4 is 21.3 Å². The van der Waals surface area contributed by atoms with Crippen molar-refractivity contribution >= 4 is 23.8 Å². The van der Waals surface area contributed by atoms with Crippen molar-refractivity contribution in [3.63, 3.8) is 0 Å². The molecule has 0 fully saturated rings. The maximum Gasteiger partial charge on any atom is 0.236 e. The normalized spacial score (nSPS) is 10.1. The number of primary amides is 1. The van der Waals surface area contributed by atoms with Crippen LogP contribution in [-0.4, -0.2) is 47.0 Å². The Labute approximate surface area is 112 Å². The van der Waals surface area contributed by atoms with Gasteiger partial charge < -0.3 is 21.3 Å². The lowest BCUT2D eigenvalue weighted by atomic mass is 10.5. The molecular formula is C11H21N7O. The Morgan fingerprint density at radius 2 is 1.68 bits per heavy atom. The fraction of sp³-hybridized carbons (Fsp3) is 0.636. The molecule has 4 N–H and O–H groups in total. The molecule has 1 amide bonds. The smallest absolute Gasteiger partial charge is 0.236 e. The second kappa shape index (κ2) is 7.34. The summed E-state index contributed by atoms with van der Waals surface area (Å²) in [6.45, 7) is 8.29. The average molecular weight is 267 g/mol. The van der Waals surface area contributed by atoms with Gasteiger partial charge in [-0.05, 0) is 20.8 Å². The van der Waals surface area contributed by atoms with Gasteiger partial charge in [-0.1, -0.05) is 0 Å². The van der Waals surface area contributed by atoms with Crippen LogP contribution in [-0.2, 0) is 4.79 Å². The van der Waals surface area contributed by atoms with Crippen LogP contribution in [0.25, 0.3) is 0 Å². The van der Waals surface area contributed by atoms with Crippen LogP contribution in [0.2, 0.25) is 0 Å². The van der Waals surface area contributed by atoms with Gasteiger partial charge in [0, 0.05) is 19.6 Å². The molecule has 19 heavy (non-hydrogen) atoms. The van der Waals surface area contributed by atoms with Crippen LogP contribution in [0.15, 0.2) is 0 Å². The highest BCUT2D eigenvalue weighted by Crippen LogP contribution is 2.13. The highest BCUT2D eigenvalue weighted by Gasteiger charge is 2.11. The molecule has 106 valence electrons. The minimum Gasteiger partial charge on any atom is -0.368 e. The van der Waals surface area contributed by atoms with Crippen molar-refractivity contribution in [2.24, 2.45) is 5.73 Å². The zero-order chi connectivity index (χ0) is 14.3. The van der Waals surface area contributed by atoms with Crippen LogP contribution >= 0.6 is 0 Å². The summed E-state index contributed by atoms with van der Waals surface area (Å²) in [6, 6.07) is 0. The van der Waals surface area contributed by atoms with E-state index in [9.17, 15) is 4.79 Å². The third-order valence-corrected chi connectivity index (χ3v) is 2.43. The number of carbonyl (C=O) groups excluding carboxylic acids is 1. The van der Waals surface area contributed by atoms with Crippen LogP contribution in [0, 0.1) is 0 Å². The monoisotopic (exact) mass is 267 g/mol. The van der Waals surface area contributed by atoms with Crippen molar-refractivity contribution in [2.75, 3.05) is 41.7 Å². The van der Waals surface area contributed by atoms with Crippen molar-refractivity contribution in [1.82, 2.24) is 15.0 Å². The minimum absolute atomic E-state index is 0.00668. The van der Waals surface area contributed by atoms with Gasteiger partial charge in [0.05, 0.1) is 6.54 Å². The molecule has 0 spiro atoms. The second-order valence-electron chi connectivity index (χ2n) is 3.81. The number of nitrogens with zero attached hydrogens (tertiary/aromatic N) is 4. The van der Waals surface area contributed by atoms with Gasteiger partial charge in [-0.15, -0.1) is 0 Å². The molecule has 0 aliphatic carbocycles. The van der Waals surface area contributed by atoms with Crippen molar-refractivity contribution in [3.05, 3.63) is 0 Å². The molecule has 1 rings (SSSR count). The van der Waals surface area contributed by atoms with E-state index < -0.39 is 5.91 Å². The highest BCUT2D eigenvalue weighted by atomic mass is 16.1. The first kappa shape index (κ1) is 14.9. The minimum atomic E-state index is -0.463.